The number of pyridine rings is 1. The van der Waals surface area contributed by atoms with Crippen molar-refractivity contribution in [1.82, 2.24) is 10.3 Å². The van der Waals surface area contributed by atoms with Gasteiger partial charge in [0, 0.05) is 19.3 Å². The third-order valence-corrected chi connectivity index (χ3v) is 3.42. The Bertz CT molecular complexity index is 611. The van der Waals surface area contributed by atoms with Crippen molar-refractivity contribution in [3.8, 4) is 0 Å². The maximum Gasteiger partial charge on any atom is 0.146 e. The van der Waals surface area contributed by atoms with Gasteiger partial charge in [0.15, 0.2) is 0 Å². The van der Waals surface area contributed by atoms with Crippen molar-refractivity contribution in [2.75, 3.05) is 19.0 Å². The Balaban J connectivity index is 2.44. The summed E-state index contributed by atoms with van der Waals surface area (Å²) in [4.78, 5) is 6.46. The van der Waals surface area contributed by atoms with Gasteiger partial charge in [0.2, 0.25) is 0 Å². The molecule has 0 amide bonds. The Labute approximate surface area is 125 Å². The first-order valence-corrected chi connectivity index (χ1v) is 7.16. The van der Waals surface area contributed by atoms with Crippen LogP contribution in [0.2, 0.25) is 0 Å². The molecule has 0 atom stereocenters. The molecular formula is C17H22FN3. The minimum absolute atomic E-state index is 0.244. The summed E-state index contributed by atoms with van der Waals surface area (Å²) in [7, 11) is 3.75. The van der Waals surface area contributed by atoms with Crippen LogP contribution in [0.3, 0.4) is 0 Å². The van der Waals surface area contributed by atoms with Crippen LogP contribution in [0.1, 0.15) is 31.0 Å². The molecular weight excluding hydrogens is 265 g/mol. The number of hydrogen-bond donors (Lipinski definition) is 1. The topological polar surface area (TPSA) is 28.2 Å². The standard InChI is InChI=1S/C17H22FN3/c1-12(2)15-9-13(11-19-3)10-17(20-15)21(4)16-8-6-5-7-14(16)18/h5-10,12,19H,11H2,1-4H3. The Kier molecular flexibility index (Phi) is 4.91. The summed E-state index contributed by atoms with van der Waals surface area (Å²) < 4.78 is 14.0. The fourth-order valence-corrected chi connectivity index (χ4v) is 2.22. The lowest BCUT2D eigenvalue weighted by molar-refractivity contribution is 0.627. The highest BCUT2D eigenvalue weighted by Gasteiger charge is 2.13. The molecule has 0 bridgehead atoms. The number of aromatic nitrogens is 1. The summed E-state index contributed by atoms with van der Waals surface area (Å²) in [5, 5.41) is 3.15. The van der Waals surface area contributed by atoms with Gasteiger partial charge in [-0.3, -0.25) is 0 Å². The van der Waals surface area contributed by atoms with E-state index in [2.05, 4.69) is 30.2 Å². The minimum atomic E-state index is -0.244. The molecule has 0 unspecified atom stereocenters. The fraction of sp³-hybridized carbons (Fsp3) is 0.353. The molecule has 0 saturated carbocycles. The molecule has 112 valence electrons. The van der Waals surface area contributed by atoms with E-state index < -0.39 is 0 Å². The van der Waals surface area contributed by atoms with Crippen molar-refractivity contribution in [3.63, 3.8) is 0 Å². The second-order valence-electron chi connectivity index (χ2n) is 5.45. The van der Waals surface area contributed by atoms with Crippen LogP contribution < -0.4 is 10.2 Å². The van der Waals surface area contributed by atoms with Crippen molar-refractivity contribution >= 4 is 11.5 Å². The predicted octanol–water partition coefficient (Wildman–Crippen LogP) is 3.83. The number of anilines is 2. The number of nitrogens with zero attached hydrogens (tertiary/aromatic N) is 2. The SMILES string of the molecule is CNCc1cc(C(C)C)nc(N(C)c2ccccc2F)c1. The lowest BCUT2D eigenvalue weighted by Gasteiger charge is -2.21. The van der Waals surface area contributed by atoms with Crippen molar-refractivity contribution in [1.29, 1.82) is 0 Å². The first kappa shape index (κ1) is 15.4. The normalized spacial score (nSPS) is 11.0. The van der Waals surface area contributed by atoms with Gasteiger partial charge in [-0.15, -0.1) is 0 Å². The molecule has 3 nitrogen and oxygen atoms in total. The van der Waals surface area contributed by atoms with Gasteiger partial charge in [0.1, 0.15) is 11.6 Å². The molecule has 0 saturated heterocycles. The number of hydrogen-bond acceptors (Lipinski definition) is 3. The summed E-state index contributed by atoms with van der Waals surface area (Å²) in [6.07, 6.45) is 0. The average Bonchev–Trinajstić information content (AvgIpc) is 2.47. The van der Waals surface area contributed by atoms with E-state index in [9.17, 15) is 4.39 Å². The van der Waals surface area contributed by atoms with E-state index in [0.717, 1.165) is 23.6 Å². The fourth-order valence-electron chi connectivity index (χ4n) is 2.22. The molecule has 0 aliphatic carbocycles. The highest BCUT2D eigenvalue weighted by molar-refractivity contribution is 5.60. The molecule has 2 rings (SSSR count). The lowest BCUT2D eigenvalue weighted by Crippen LogP contribution is -2.15. The van der Waals surface area contributed by atoms with Crippen LogP contribution in [-0.2, 0) is 6.54 Å². The van der Waals surface area contributed by atoms with E-state index in [0.29, 0.717) is 11.6 Å². The van der Waals surface area contributed by atoms with Crippen LogP contribution in [0.15, 0.2) is 36.4 Å². The van der Waals surface area contributed by atoms with Gasteiger partial charge >= 0.3 is 0 Å². The second kappa shape index (κ2) is 6.68. The molecule has 2 aromatic rings. The maximum absolute atomic E-state index is 14.0. The third kappa shape index (κ3) is 3.58. The van der Waals surface area contributed by atoms with Crippen LogP contribution in [0.5, 0.6) is 0 Å². The zero-order chi connectivity index (χ0) is 15.4. The molecule has 0 fully saturated rings. The van der Waals surface area contributed by atoms with Gasteiger partial charge in [-0.1, -0.05) is 26.0 Å². The maximum atomic E-state index is 14.0. The van der Waals surface area contributed by atoms with Crippen molar-refractivity contribution in [3.05, 3.63) is 53.5 Å². The molecule has 1 aromatic carbocycles. The second-order valence-corrected chi connectivity index (χ2v) is 5.45. The molecule has 0 aliphatic rings. The monoisotopic (exact) mass is 287 g/mol. The van der Waals surface area contributed by atoms with Gasteiger partial charge < -0.3 is 10.2 Å². The predicted molar refractivity (Wildman–Crippen MR) is 85.6 cm³/mol. The van der Waals surface area contributed by atoms with E-state index in [1.165, 1.54) is 6.07 Å². The van der Waals surface area contributed by atoms with Crippen LogP contribution in [0.4, 0.5) is 15.9 Å². The summed E-state index contributed by atoms with van der Waals surface area (Å²) in [6.45, 7) is 4.98. The third-order valence-electron chi connectivity index (χ3n) is 3.42. The van der Waals surface area contributed by atoms with Gasteiger partial charge in [-0.25, -0.2) is 9.37 Å². The zero-order valence-electron chi connectivity index (χ0n) is 13.0. The van der Waals surface area contributed by atoms with Crippen LogP contribution in [0.25, 0.3) is 0 Å². The number of nitrogens with one attached hydrogen (secondary N) is 1. The quantitative estimate of drug-likeness (QED) is 0.906. The first-order valence-electron chi connectivity index (χ1n) is 7.16. The number of halogens is 1. The molecule has 0 spiro atoms. The molecule has 0 aliphatic heterocycles. The van der Waals surface area contributed by atoms with Crippen molar-refractivity contribution in [2.45, 2.75) is 26.3 Å². The van der Waals surface area contributed by atoms with E-state index in [-0.39, 0.29) is 5.82 Å². The number of rotatable bonds is 5. The van der Waals surface area contributed by atoms with Crippen LogP contribution in [0, 0.1) is 5.82 Å². The summed E-state index contributed by atoms with van der Waals surface area (Å²) in [6, 6.07) is 10.8. The molecule has 21 heavy (non-hydrogen) atoms. The molecule has 1 N–H and O–H groups in total. The highest BCUT2D eigenvalue weighted by Crippen LogP contribution is 2.27. The lowest BCUT2D eigenvalue weighted by atomic mass is 10.1. The smallest absolute Gasteiger partial charge is 0.146 e. The minimum Gasteiger partial charge on any atom is -0.327 e. The van der Waals surface area contributed by atoms with E-state index in [1.807, 2.05) is 26.2 Å². The number of benzene rings is 1. The van der Waals surface area contributed by atoms with Gasteiger partial charge in [-0.05, 0) is 42.8 Å². The Morgan fingerprint density at radius 2 is 1.95 bits per heavy atom. The van der Waals surface area contributed by atoms with Crippen molar-refractivity contribution < 1.29 is 4.39 Å². The van der Waals surface area contributed by atoms with Crippen molar-refractivity contribution in [2.24, 2.45) is 0 Å². The Morgan fingerprint density at radius 1 is 1.24 bits per heavy atom. The van der Waals surface area contributed by atoms with E-state index in [4.69, 9.17) is 0 Å². The Hall–Kier alpha value is -1.94. The first-order chi connectivity index (χ1) is 10.0. The largest absolute Gasteiger partial charge is 0.327 e. The Morgan fingerprint density at radius 3 is 2.57 bits per heavy atom. The summed E-state index contributed by atoms with van der Waals surface area (Å²) >= 11 is 0. The highest BCUT2D eigenvalue weighted by atomic mass is 19.1. The van der Waals surface area contributed by atoms with Gasteiger partial charge in [0.25, 0.3) is 0 Å². The van der Waals surface area contributed by atoms with E-state index >= 15 is 0 Å². The van der Waals surface area contributed by atoms with Crippen LogP contribution in [-0.4, -0.2) is 19.1 Å². The molecule has 1 aromatic heterocycles. The summed E-state index contributed by atoms with van der Waals surface area (Å²) in [5.41, 5.74) is 2.69. The molecule has 0 radical (unpaired) electrons. The number of para-hydroxylation sites is 1. The van der Waals surface area contributed by atoms with Gasteiger partial charge in [0.05, 0.1) is 5.69 Å². The van der Waals surface area contributed by atoms with Gasteiger partial charge in [-0.2, -0.15) is 0 Å². The van der Waals surface area contributed by atoms with E-state index in [1.54, 1.807) is 17.0 Å². The summed E-state index contributed by atoms with van der Waals surface area (Å²) in [5.74, 6) is 0.845. The zero-order valence-corrected chi connectivity index (χ0v) is 13.0. The average molecular weight is 287 g/mol. The molecule has 1 heterocycles. The molecule has 4 heteroatoms. The van der Waals surface area contributed by atoms with Crippen LogP contribution >= 0.6 is 0 Å².